The van der Waals surface area contributed by atoms with E-state index in [2.05, 4.69) is 38.2 Å². The lowest BCUT2D eigenvalue weighted by molar-refractivity contribution is -0.154. The van der Waals surface area contributed by atoms with Gasteiger partial charge >= 0.3 is 13.8 Å². The Hall–Kier alpha value is -1.06. The molecule has 0 rings (SSSR count). The maximum atomic E-state index is 12.6. The van der Waals surface area contributed by atoms with E-state index in [4.69, 9.17) is 23.6 Å². The van der Waals surface area contributed by atoms with Gasteiger partial charge in [0.25, 0.3) is 0 Å². The van der Waals surface area contributed by atoms with Crippen molar-refractivity contribution < 1.29 is 43.0 Å². The third-order valence-electron chi connectivity index (χ3n) is 8.39. The van der Waals surface area contributed by atoms with Crippen molar-refractivity contribution in [3.63, 3.8) is 0 Å². The van der Waals surface area contributed by atoms with E-state index in [1.807, 2.05) is 0 Å². The number of phosphoric ester groups is 1. The van der Waals surface area contributed by atoms with E-state index in [-0.39, 0.29) is 19.6 Å². The maximum Gasteiger partial charge on any atom is 0.472 e. The Balaban J connectivity index is 4.23. The molecule has 0 fully saturated rings. The second-order valence-electron chi connectivity index (χ2n) is 13.3. The first-order valence-corrected chi connectivity index (χ1v) is 21.3. The van der Waals surface area contributed by atoms with Crippen molar-refractivity contribution in [2.75, 3.05) is 33.0 Å². The zero-order chi connectivity index (χ0) is 36.1. The molecule has 0 aliphatic rings. The Morgan fingerprint density at radius 2 is 1.10 bits per heavy atom. The summed E-state index contributed by atoms with van der Waals surface area (Å²) in [6.07, 6.45) is 35.6. The van der Waals surface area contributed by atoms with Crippen molar-refractivity contribution in [3.05, 3.63) is 24.3 Å². The summed E-state index contributed by atoms with van der Waals surface area (Å²) in [4.78, 5) is 22.5. The number of hydrogen-bond donors (Lipinski definition) is 3. The van der Waals surface area contributed by atoms with Crippen LogP contribution >= 0.6 is 7.82 Å². The largest absolute Gasteiger partial charge is 0.472 e. The number of rotatable bonds is 38. The van der Waals surface area contributed by atoms with Crippen LogP contribution in [0.15, 0.2) is 24.3 Å². The molecule has 290 valence electrons. The van der Waals surface area contributed by atoms with Gasteiger partial charge < -0.3 is 24.6 Å². The zero-order valence-corrected chi connectivity index (χ0v) is 32.3. The Morgan fingerprint density at radius 3 is 1.65 bits per heavy atom. The minimum absolute atomic E-state index is 0.0469. The first-order valence-electron chi connectivity index (χ1n) is 19.8. The molecular weight excluding hydrogens is 643 g/mol. The summed E-state index contributed by atoms with van der Waals surface area (Å²) in [6.45, 7) is 3.49. The number of esters is 1. The van der Waals surface area contributed by atoms with Crippen LogP contribution in [0.3, 0.4) is 0 Å². The van der Waals surface area contributed by atoms with Crippen molar-refractivity contribution in [3.8, 4) is 0 Å². The van der Waals surface area contributed by atoms with Crippen LogP contribution in [0.1, 0.15) is 174 Å². The van der Waals surface area contributed by atoms with Crippen LogP contribution in [-0.4, -0.2) is 66.3 Å². The van der Waals surface area contributed by atoms with Gasteiger partial charge in [-0.3, -0.25) is 13.8 Å². The lowest BCUT2D eigenvalue weighted by Gasteiger charge is -2.20. The summed E-state index contributed by atoms with van der Waals surface area (Å²) in [5.74, 6) is -0.395. The average molecular weight is 719 g/mol. The molecule has 0 aliphatic heterocycles. The third-order valence-corrected chi connectivity index (χ3v) is 9.34. The Labute approximate surface area is 300 Å². The van der Waals surface area contributed by atoms with E-state index in [0.29, 0.717) is 13.0 Å². The number of hydrogen-bond acceptors (Lipinski definition) is 8. The molecule has 0 heterocycles. The van der Waals surface area contributed by atoms with Gasteiger partial charge in [-0.05, 0) is 44.9 Å². The molecule has 3 N–H and O–H groups in total. The van der Waals surface area contributed by atoms with Gasteiger partial charge in [0.15, 0.2) is 0 Å². The number of aliphatic hydroxyl groups is 2. The fourth-order valence-corrected chi connectivity index (χ4v) is 6.12. The topological polar surface area (TPSA) is 132 Å². The van der Waals surface area contributed by atoms with E-state index in [9.17, 15) is 19.4 Å². The van der Waals surface area contributed by atoms with Crippen molar-refractivity contribution in [1.82, 2.24) is 0 Å². The highest BCUT2D eigenvalue weighted by molar-refractivity contribution is 7.47. The van der Waals surface area contributed by atoms with E-state index < -0.39 is 39.2 Å². The highest BCUT2D eigenvalue weighted by Crippen LogP contribution is 2.43. The summed E-state index contributed by atoms with van der Waals surface area (Å²) in [6, 6.07) is 0. The van der Waals surface area contributed by atoms with E-state index >= 15 is 0 Å². The summed E-state index contributed by atoms with van der Waals surface area (Å²) >= 11 is 0. The van der Waals surface area contributed by atoms with Gasteiger partial charge in [0.2, 0.25) is 0 Å². The van der Waals surface area contributed by atoms with Crippen LogP contribution < -0.4 is 0 Å². The summed E-state index contributed by atoms with van der Waals surface area (Å²) in [7, 11) is -4.51. The molecule has 0 aromatic carbocycles. The Kier molecular flexibility index (Phi) is 35.9. The van der Waals surface area contributed by atoms with Crippen LogP contribution in [0.5, 0.6) is 0 Å². The van der Waals surface area contributed by atoms with Gasteiger partial charge in [0.05, 0.1) is 26.4 Å². The molecule has 0 aromatic heterocycles. The number of ether oxygens (including phenoxy) is 2. The molecular formula is C39H75O9P. The van der Waals surface area contributed by atoms with E-state index in [0.717, 1.165) is 51.4 Å². The van der Waals surface area contributed by atoms with Gasteiger partial charge in [-0.2, -0.15) is 0 Å². The normalized spacial score (nSPS) is 14.5. The number of aliphatic hydroxyl groups excluding tert-OH is 2. The van der Waals surface area contributed by atoms with E-state index in [1.165, 1.54) is 96.3 Å². The second kappa shape index (κ2) is 36.7. The first kappa shape index (κ1) is 47.9. The molecule has 0 amide bonds. The number of carbonyl (C=O) groups excluding carboxylic acids is 1. The zero-order valence-electron chi connectivity index (χ0n) is 31.4. The van der Waals surface area contributed by atoms with Crippen molar-refractivity contribution in [1.29, 1.82) is 0 Å². The van der Waals surface area contributed by atoms with Crippen LogP contribution in [0.4, 0.5) is 0 Å². The monoisotopic (exact) mass is 719 g/mol. The molecule has 0 radical (unpaired) electrons. The molecule has 3 unspecified atom stereocenters. The lowest BCUT2D eigenvalue weighted by Crippen LogP contribution is -2.29. The molecule has 0 saturated carbocycles. The molecule has 9 nitrogen and oxygen atoms in total. The molecule has 49 heavy (non-hydrogen) atoms. The van der Waals surface area contributed by atoms with Crippen LogP contribution in [-0.2, 0) is 27.9 Å². The summed E-state index contributed by atoms with van der Waals surface area (Å²) in [5.41, 5.74) is 0. The SMILES string of the molecule is CCCCCC/C=C\C/C=C\CCCCCCCC(=O)OC(COCCCCCCCCCCCCCC)COP(=O)(O)OCC(O)CO. The predicted octanol–water partition coefficient (Wildman–Crippen LogP) is 10.3. The molecule has 0 spiro atoms. The average Bonchev–Trinajstić information content (AvgIpc) is 3.09. The summed E-state index contributed by atoms with van der Waals surface area (Å²) in [5, 5.41) is 18.3. The Bertz CT molecular complexity index is 820. The second-order valence-corrected chi connectivity index (χ2v) is 14.8. The van der Waals surface area contributed by atoms with Crippen LogP contribution in [0, 0.1) is 0 Å². The fraction of sp³-hybridized carbons (Fsp3) is 0.872. The molecule has 10 heteroatoms. The minimum atomic E-state index is -4.51. The fourth-order valence-electron chi connectivity index (χ4n) is 5.33. The van der Waals surface area contributed by atoms with Gasteiger partial charge in [-0.25, -0.2) is 4.57 Å². The van der Waals surface area contributed by atoms with Crippen LogP contribution in [0.25, 0.3) is 0 Å². The quantitative estimate of drug-likeness (QED) is 0.0247. The smallest absolute Gasteiger partial charge is 0.457 e. The van der Waals surface area contributed by atoms with Gasteiger partial charge in [-0.15, -0.1) is 0 Å². The minimum Gasteiger partial charge on any atom is -0.457 e. The van der Waals surface area contributed by atoms with Crippen molar-refractivity contribution in [2.24, 2.45) is 0 Å². The highest BCUT2D eigenvalue weighted by atomic mass is 31.2. The van der Waals surface area contributed by atoms with Gasteiger partial charge in [-0.1, -0.05) is 147 Å². The Morgan fingerprint density at radius 1 is 0.633 bits per heavy atom. The van der Waals surface area contributed by atoms with Crippen molar-refractivity contribution in [2.45, 2.75) is 187 Å². The van der Waals surface area contributed by atoms with Gasteiger partial charge in [0, 0.05) is 13.0 Å². The summed E-state index contributed by atoms with van der Waals surface area (Å²) < 4.78 is 33.2. The van der Waals surface area contributed by atoms with Crippen LogP contribution in [0.2, 0.25) is 0 Å². The molecule has 3 atom stereocenters. The molecule has 0 aliphatic carbocycles. The standard InChI is InChI=1S/C39H75O9P/c1-3-5-7-9-11-13-15-17-18-19-20-21-23-25-27-29-31-39(42)48-38(36-47-49(43,44)46-34-37(41)33-40)35-45-32-30-28-26-24-22-16-14-12-10-8-6-4-2/h13,15,18-19,37-38,40-41H,3-12,14,16-17,20-36H2,1-2H3,(H,43,44)/b15-13-,19-18-. The number of carbonyl (C=O) groups is 1. The third kappa shape index (κ3) is 36.5. The number of phosphoric acid groups is 1. The van der Waals surface area contributed by atoms with E-state index in [1.54, 1.807) is 0 Å². The highest BCUT2D eigenvalue weighted by Gasteiger charge is 2.26. The van der Waals surface area contributed by atoms with Gasteiger partial charge in [0.1, 0.15) is 12.2 Å². The predicted molar refractivity (Wildman–Crippen MR) is 201 cm³/mol. The molecule has 0 aromatic rings. The van der Waals surface area contributed by atoms with Crippen molar-refractivity contribution >= 4 is 13.8 Å². The lowest BCUT2D eigenvalue weighted by atomic mass is 10.1. The number of unbranched alkanes of at least 4 members (excludes halogenated alkanes) is 20. The molecule has 0 saturated heterocycles. The maximum absolute atomic E-state index is 12.6. The first-order chi connectivity index (χ1) is 23.8. The molecule has 0 bridgehead atoms. The number of allylic oxidation sites excluding steroid dienone is 4.